The Kier molecular flexibility index (Phi) is 3.33. The highest BCUT2D eigenvalue weighted by Gasteiger charge is 1.89. The van der Waals surface area contributed by atoms with Gasteiger partial charge in [-0.2, -0.15) is 0 Å². The van der Waals surface area contributed by atoms with E-state index in [1.54, 1.807) is 5.75 Å². The lowest BCUT2D eigenvalue weighted by atomic mass is 10.2. The fraction of sp³-hybridized carbons (Fsp3) is 0.125. The van der Waals surface area contributed by atoms with Crippen LogP contribution >= 0.6 is 12.0 Å². The van der Waals surface area contributed by atoms with Crippen LogP contribution in [0.15, 0.2) is 30.3 Å². The predicted octanol–water partition coefficient (Wildman–Crippen LogP) is 2.60. The van der Waals surface area contributed by atoms with E-state index in [4.69, 9.17) is 4.55 Å². The van der Waals surface area contributed by atoms with Crippen LogP contribution in [-0.4, -0.2) is 4.55 Å². The van der Waals surface area contributed by atoms with Gasteiger partial charge in [-0.05, 0) is 24.0 Å². The lowest BCUT2D eigenvalue weighted by molar-refractivity contribution is 0.667. The first-order valence-electron chi connectivity index (χ1n) is 3.09. The molecule has 0 amide bonds. The van der Waals surface area contributed by atoms with E-state index in [-0.39, 0.29) is 0 Å². The van der Waals surface area contributed by atoms with E-state index in [1.807, 2.05) is 30.3 Å². The molecule has 0 aliphatic heterocycles. The third-order valence-corrected chi connectivity index (χ3v) is 1.55. The van der Waals surface area contributed by atoms with Crippen LogP contribution in [0.2, 0.25) is 0 Å². The molecule has 0 aromatic heterocycles. The zero-order valence-electron chi connectivity index (χ0n) is 5.53. The largest absolute Gasteiger partial charge is 0.330 e. The van der Waals surface area contributed by atoms with Crippen molar-refractivity contribution in [2.75, 3.05) is 0 Å². The van der Waals surface area contributed by atoms with Crippen molar-refractivity contribution in [2.24, 2.45) is 0 Å². The van der Waals surface area contributed by atoms with Gasteiger partial charge in [0.1, 0.15) is 0 Å². The van der Waals surface area contributed by atoms with E-state index in [1.165, 1.54) is 5.56 Å². The summed E-state index contributed by atoms with van der Waals surface area (Å²) in [5.74, 6) is 1.76. The van der Waals surface area contributed by atoms with Gasteiger partial charge in [0.05, 0.1) is 0 Å². The quantitative estimate of drug-likeness (QED) is 0.673. The summed E-state index contributed by atoms with van der Waals surface area (Å²) in [5, 5.41) is 0. The number of hydrogen-bond donors (Lipinski definition) is 1. The summed E-state index contributed by atoms with van der Waals surface area (Å²) >= 11 is 0.771. The third-order valence-electron chi connectivity index (χ3n) is 1.24. The lowest BCUT2D eigenvalue weighted by Crippen LogP contribution is -1.80. The Morgan fingerprint density at radius 2 is 2.00 bits per heavy atom. The maximum absolute atomic E-state index is 8.39. The first-order chi connectivity index (χ1) is 4.93. The van der Waals surface area contributed by atoms with Crippen molar-refractivity contribution >= 4 is 12.0 Å². The van der Waals surface area contributed by atoms with Gasteiger partial charge in [-0.1, -0.05) is 30.3 Å². The molecule has 0 aliphatic carbocycles. The molecule has 1 aromatic carbocycles. The molecule has 53 valence electrons. The van der Waals surface area contributed by atoms with Gasteiger partial charge in [0.2, 0.25) is 0 Å². The molecule has 0 bridgehead atoms. The summed E-state index contributed by atoms with van der Waals surface area (Å²) in [4.78, 5) is 0. The zero-order chi connectivity index (χ0) is 7.23. The molecule has 2 heteroatoms. The molecule has 0 unspecified atom stereocenters. The van der Waals surface area contributed by atoms with Gasteiger partial charge in [0.15, 0.2) is 0 Å². The molecule has 0 aliphatic rings. The van der Waals surface area contributed by atoms with E-state index in [9.17, 15) is 0 Å². The minimum Gasteiger partial charge on any atom is -0.330 e. The molecule has 0 atom stereocenters. The van der Waals surface area contributed by atoms with Crippen LogP contribution in [0.25, 0.3) is 0 Å². The first-order valence-corrected chi connectivity index (χ1v) is 3.93. The summed E-state index contributed by atoms with van der Waals surface area (Å²) in [6.45, 7) is 0. The average molecular weight is 153 g/mol. The topological polar surface area (TPSA) is 20.2 Å². The summed E-state index contributed by atoms with van der Waals surface area (Å²) in [6, 6.07) is 10.0. The van der Waals surface area contributed by atoms with Gasteiger partial charge < -0.3 is 4.55 Å². The molecule has 0 saturated carbocycles. The van der Waals surface area contributed by atoms with E-state index in [0.29, 0.717) is 0 Å². The van der Waals surface area contributed by atoms with Gasteiger partial charge >= 0.3 is 0 Å². The number of hydrogen-bond acceptors (Lipinski definition) is 2. The summed E-state index contributed by atoms with van der Waals surface area (Å²) in [5.41, 5.74) is 1.23. The van der Waals surface area contributed by atoms with Crippen LogP contribution in [-0.2, 0) is 6.42 Å². The van der Waals surface area contributed by atoms with Gasteiger partial charge in [0, 0.05) is 5.75 Å². The van der Waals surface area contributed by atoms with E-state index in [2.05, 4.69) is 0 Å². The smallest absolute Gasteiger partial charge is 0.0493 e. The first kappa shape index (κ1) is 7.63. The SMILES string of the molecule is OS[CH]Cc1ccccc1. The van der Waals surface area contributed by atoms with Crippen molar-refractivity contribution in [3.63, 3.8) is 0 Å². The maximum Gasteiger partial charge on any atom is 0.0493 e. The van der Waals surface area contributed by atoms with E-state index < -0.39 is 0 Å². The van der Waals surface area contributed by atoms with Crippen LogP contribution in [0.3, 0.4) is 0 Å². The Bertz CT molecular complexity index is 174. The fourth-order valence-electron chi connectivity index (χ4n) is 0.748. The maximum atomic E-state index is 8.39. The molecule has 1 rings (SSSR count). The minimum absolute atomic E-state index is 0.771. The summed E-state index contributed by atoms with van der Waals surface area (Å²) < 4.78 is 8.39. The number of benzene rings is 1. The van der Waals surface area contributed by atoms with Crippen molar-refractivity contribution in [1.82, 2.24) is 0 Å². The molecule has 0 heterocycles. The standard InChI is InChI=1S/C8H9OS/c9-10-7-6-8-4-2-1-3-5-8/h1-5,7,9H,6H2. The van der Waals surface area contributed by atoms with Crippen molar-refractivity contribution in [3.05, 3.63) is 41.6 Å². The second-order valence-electron chi connectivity index (χ2n) is 1.96. The minimum atomic E-state index is 0.771. The van der Waals surface area contributed by atoms with E-state index in [0.717, 1.165) is 18.5 Å². The van der Waals surface area contributed by atoms with Crippen LogP contribution < -0.4 is 0 Å². The van der Waals surface area contributed by atoms with Crippen molar-refractivity contribution in [1.29, 1.82) is 0 Å². The molecule has 10 heavy (non-hydrogen) atoms. The molecule has 0 spiro atoms. The predicted molar refractivity (Wildman–Crippen MR) is 44.7 cm³/mol. The highest BCUT2D eigenvalue weighted by molar-refractivity contribution is 7.95. The molecule has 1 aromatic rings. The summed E-state index contributed by atoms with van der Waals surface area (Å²) in [6.07, 6.45) is 0.821. The molecular weight excluding hydrogens is 144 g/mol. The fourth-order valence-corrected chi connectivity index (χ4v) is 1.01. The van der Waals surface area contributed by atoms with E-state index >= 15 is 0 Å². The lowest BCUT2D eigenvalue weighted by Gasteiger charge is -1.94. The molecule has 0 saturated heterocycles. The second kappa shape index (κ2) is 4.36. The Balaban J connectivity index is 2.43. The Labute approximate surface area is 65.3 Å². The van der Waals surface area contributed by atoms with Crippen LogP contribution in [0.4, 0.5) is 0 Å². The van der Waals surface area contributed by atoms with Crippen molar-refractivity contribution < 1.29 is 4.55 Å². The Morgan fingerprint density at radius 3 is 2.60 bits per heavy atom. The molecule has 1 N–H and O–H groups in total. The normalized spacial score (nSPS) is 9.70. The van der Waals surface area contributed by atoms with Crippen molar-refractivity contribution in [3.8, 4) is 0 Å². The van der Waals surface area contributed by atoms with Crippen molar-refractivity contribution in [2.45, 2.75) is 6.42 Å². The van der Waals surface area contributed by atoms with Gasteiger partial charge in [-0.3, -0.25) is 0 Å². The van der Waals surface area contributed by atoms with Crippen LogP contribution in [0.1, 0.15) is 5.56 Å². The molecular formula is C8H9OS. The number of rotatable bonds is 3. The molecule has 1 radical (unpaired) electrons. The van der Waals surface area contributed by atoms with Gasteiger partial charge in [-0.25, -0.2) is 0 Å². The van der Waals surface area contributed by atoms with Crippen LogP contribution in [0.5, 0.6) is 0 Å². The van der Waals surface area contributed by atoms with Gasteiger partial charge in [0.25, 0.3) is 0 Å². The van der Waals surface area contributed by atoms with Crippen LogP contribution in [0, 0.1) is 5.75 Å². The molecule has 0 fully saturated rings. The Morgan fingerprint density at radius 1 is 1.30 bits per heavy atom. The highest BCUT2D eigenvalue weighted by atomic mass is 32.2. The Hall–Kier alpha value is -0.470. The molecule has 1 nitrogen and oxygen atoms in total. The highest BCUT2D eigenvalue weighted by Crippen LogP contribution is 2.06. The average Bonchev–Trinajstić information content (AvgIpc) is 2.03. The summed E-state index contributed by atoms with van der Waals surface area (Å²) in [7, 11) is 0. The second-order valence-corrected chi connectivity index (χ2v) is 2.51. The monoisotopic (exact) mass is 153 g/mol. The van der Waals surface area contributed by atoms with Gasteiger partial charge in [-0.15, -0.1) is 0 Å². The third kappa shape index (κ3) is 2.42. The zero-order valence-corrected chi connectivity index (χ0v) is 6.34.